The molecule has 1 saturated heterocycles. The van der Waals surface area contributed by atoms with E-state index in [4.69, 9.17) is 4.74 Å². The summed E-state index contributed by atoms with van der Waals surface area (Å²) in [5.74, 6) is -0.112. The summed E-state index contributed by atoms with van der Waals surface area (Å²) >= 11 is 0. The first-order chi connectivity index (χ1) is 9.70. The third-order valence-electron chi connectivity index (χ3n) is 4.20. The summed E-state index contributed by atoms with van der Waals surface area (Å²) in [6.45, 7) is 0.897. The number of hydrogen-bond donors (Lipinski definition) is 1. The first kappa shape index (κ1) is 13.0. The van der Waals surface area contributed by atoms with Crippen LogP contribution in [0.1, 0.15) is 24.8 Å². The maximum Gasteiger partial charge on any atom is 0.411 e. The average Bonchev–Trinajstić information content (AvgIpc) is 2.44. The summed E-state index contributed by atoms with van der Waals surface area (Å²) in [5, 5.41) is 2.85. The topological polar surface area (TPSA) is 58.6 Å². The third-order valence-corrected chi connectivity index (χ3v) is 4.20. The molecule has 1 aliphatic heterocycles. The molecule has 20 heavy (non-hydrogen) atoms. The van der Waals surface area contributed by atoms with Crippen LogP contribution in [-0.2, 0) is 16.1 Å². The first-order valence-corrected chi connectivity index (χ1v) is 6.95. The zero-order valence-corrected chi connectivity index (χ0v) is 11.3. The Kier molecular flexibility index (Phi) is 3.34. The highest BCUT2D eigenvalue weighted by atomic mass is 16.6. The van der Waals surface area contributed by atoms with E-state index >= 15 is 0 Å². The number of carbonyl (C=O) groups excluding carboxylic acids is 2. The monoisotopic (exact) mass is 274 g/mol. The Balaban J connectivity index is 1.64. The van der Waals surface area contributed by atoms with Crippen molar-refractivity contribution in [2.24, 2.45) is 0 Å². The lowest BCUT2D eigenvalue weighted by Crippen LogP contribution is -2.67. The molecule has 5 nitrogen and oxygen atoms in total. The molecule has 2 aliphatic rings. The van der Waals surface area contributed by atoms with Gasteiger partial charge in [-0.25, -0.2) is 4.79 Å². The fourth-order valence-corrected chi connectivity index (χ4v) is 2.81. The van der Waals surface area contributed by atoms with Crippen LogP contribution >= 0.6 is 0 Å². The molecule has 5 heteroatoms. The van der Waals surface area contributed by atoms with Crippen molar-refractivity contribution in [3.63, 3.8) is 0 Å². The number of nitrogens with one attached hydrogen (secondary N) is 1. The van der Waals surface area contributed by atoms with E-state index in [-0.39, 0.29) is 30.7 Å². The number of nitrogens with zero attached hydrogens (tertiary/aromatic N) is 1. The molecule has 0 unspecified atom stereocenters. The van der Waals surface area contributed by atoms with Gasteiger partial charge in [0.1, 0.15) is 13.2 Å². The second-order valence-corrected chi connectivity index (χ2v) is 5.48. The summed E-state index contributed by atoms with van der Waals surface area (Å²) in [5.41, 5.74) is 0.742. The fraction of sp³-hybridized carbons (Fsp3) is 0.467. The smallest absolute Gasteiger partial charge is 0.411 e. The summed E-state index contributed by atoms with van der Waals surface area (Å²) in [7, 11) is 0. The second-order valence-electron chi connectivity index (χ2n) is 5.48. The Bertz CT molecular complexity index is 511. The maximum atomic E-state index is 12.2. The summed E-state index contributed by atoms with van der Waals surface area (Å²) in [6.07, 6.45) is 2.59. The van der Waals surface area contributed by atoms with E-state index in [1.54, 1.807) is 4.90 Å². The molecular formula is C15H18N2O3. The van der Waals surface area contributed by atoms with Crippen LogP contribution in [-0.4, -0.2) is 35.5 Å². The molecule has 1 N–H and O–H groups in total. The van der Waals surface area contributed by atoms with Gasteiger partial charge < -0.3 is 10.1 Å². The van der Waals surface area contributed by atoms with Crippen molar-refractivity contribution in [3.05, 3.63) is 35.9 Å². The van der Waals surface area contributed by atoms with Gasteiger partial charge in [0.05, 0.1) is 5.54 Å². The van der Waals surface area contributed by atoms with Gasteiger partial charge in [0.2, 0.25) is 5.91 Å². The Morgan fingerprint density at radius 1 is 1.30 bits per heavy atom. The highest BCUT2D eigenvalue weighted by Crippen LogP contribution is 2.38. The molecule has 1 spiro atoms. The van der Waals surface area contributed by atoms with Crippen LogP contribution in [0, 0.1) is 0 Å². The molecule has 1 aliphatic carbocycles. The number of carbonyl (C=O) groups is 2. The van der Waals surface area contributed by atoms with Gasteiger partial charge in [-0.05, 0) is 24.8 Å². The van der Waals surface area contributed by atoms with Crippen molar-refractivity contribution >= 4 is 12.0 Å². The van der Waals surface area contributed by atoms with E-state index in [1.165, 1.54) is 0 Å². The molecule has 2 amide bonds. The minimum Gasteiger partial charge on any atom is -0.445 e. The summed E-state index contributed by atoms with van der Waals surface area (Å²) in [4.78, 5) is 25.4. The van der Waals surface area contributed by atoms with Crippen molar-refractivity contribution in [1.82, 2.24) is 10.2 Å². The van der Waals surface area contributed by atoms with Crippen molar-refractivity contribution in [1.29, 1.82) is 0 Å². The standard InChI is InChI=1S/C15H18N2O3/c18-13-9-17(15(11-16-13)7-4-8-15)14(19)20-10-12-5-2-1-3-6-12/h1-3,5-6H,4,7-11H2,(H,16,18). The first-order valence-electron chi connectivity index (χ1n) is 6.95. The summed E-state index contributed by atoms with van der Waals surface area (Å²) < 4.78 is 5.35. The predicted molar refractivity (Wildman–Crippen MR) is 72.9 cm³/mol. The molecule has 0 bridgehead atoms. The van der Waals surface area contributed by atoms with Gasteiger partial charge in [-0.15, -0.1) is 0 Å². The zero-order valence-electron chi connectivity index (χ0n) is 11.3. The molecule has 3 rings (SSSR count). The van der Waals surface area contributed by atoms with Crippen molar-refractivity contribution in [2.75, 3.05) is 13.1 Å². The van der Waals surface area contributed by atoms with Crippen molar-refractivity contribution < 1.29 is 14.3 Å². The van der Waals surface area contributed by atoms with Crippen molar-refractivity contribution in [2.45, 2.75) is 31.4 Å². The normalized spacial score (nSPS) is 20.2. The third kappa shape index (κ3) is 2.35. The molecule has 2 fully saturated rings. The van der Waals surface area contributed by atoms with Crippen LogP contribution in [0.5, 0.6) is 0 Å². The average molecular weight is 274 g/mol. The SMILES string of the molecule is O=C1CN(C(=O)OCc2ccccc2)C2(CCC2)CN1. The van der Waals surface area contributed by atoms with Gasteiger partial charge in [-0.1, -0.05) is 30.3 Å². The molecule has 1 aromatic carbocycles. The highest BCUT2D eigenvalue weighted by Gasteiger charge is 2.48. The van der Waals surface area contributed by atoms with E-state index in [0.717, 1.165) is 24.8 Å². The lowest BCUT2D eigenvalue weighted by atomic mass is 9.74. The van der Waals surface area contributed by atoms with Crippen LogP contribution < -0.4 is 5.32 Å². The van der Waals surface area contributed by atoms with Gasteiger partial charge in [0, 0.05) is 6.54 Å². The minimum atomic E-state index is -0.386. The van der Waals surface area contributed by atoms with Gasteiger partial charge in [-0.3, -0.25) is 9.69 Å². The van der Waals surface area contributed by atoms with Gasteiger partial charge >= 0.3 is 6.09 Å². The number of piperazine rings is 1. The van der Waals surface area contributed by atoms with Crippen LogP contribution in [0.25, 0.3) is 0 Å². The van der Waals surface area contributed by atoms with Crippen LogP contribution in [0.4, 0.5) is 4.79 Å². The number of hydrogen-bond acceptors (Lipinski definition) is 3. The van der Waals surface area contributed by atoms with E-state index in [1.807, 2.05) is 30.3 Å². The molecule has 1 heterocycles. The quantitative estimate of drug-likeness (QED) is 0.892. The number of ether oxygens (including phenoxy) is 1. The molecular weight excluding hydrogens is 256 g/mol. The predicted octanol–water partition coefficient (Wildman–Crippen LogP) is 1.68. The second kappa shape index (κ2) is 5.15. The van der Waals surface area contributed by atoms with Crippen LogP contribution in [0.2, 0.25) is 0 Å². The number of rotatable bonds is 2. The van der Waals surface area contributed by atoms with Gasteiger partial charge in [0.15, 0.2) is 0 Å². The van der Waals surface area contributed by atoms with Crippen molar-refractivity contribution in [3.8, 4) is 0 Å². The Hall–Kier alpha value is -2.04. The summed E-state index contributed by atoms with van der Waals surface area (Å²) in [6, 6.07) is 9.56. The van der Waals surface area contributed by atoms with E-state index < -0.39 is 0 Å². The maximum absolute atomic E-state index is 12.2. The van der Waals surface area contributed by atoms with E-state index in [9.17, 15) is 9.59 Å². The number of amides is 2. The molecule has 106 valence electrons. The van der Waals surface area contributed by atoms with Crippen LogP contribution in [0.15, 0.2) is 30.3 Å². The molecule has 1 saturated carbocycles. The molecule has 0 atom stereocenters. The van der Waals surface area contributed by atoms with Gasteiger partial charge in [0.25, 0.3) is 0 Å². The highest BCUT2D eigenvalue weighted by molar-refractivity contribution is 5.84. The molecule has 1 aromatic rings. The fourth-order valence-electron chi connectivity index (χ4n) is 2.81. The van der Waals surface area contributed by atoms with Crippen LogP contribution in [0.3, 0.4) is 0 Å². The molecule has 0 radical (unpaired) electrons. The zero-order chi connectivity index (χ0) is 14.0. The Labute approximate surface area is 117 Å². The lowest BCUT2D eigenvalue weighted by Gasteiger charge is -2.51. The van der Waals surface area contributed by atoms with E-state index in [2.05, 4.69) is 5.32 Å². The molecule has 0 aromatic heterocycles. The lowest BCUT2D eigenvalue weighted by molar-refractivity contribution is -0.130. The van der Waals surface area contributed by atoms with Gasteiger partial charge in [-0.2, -0.15) is 0 Å². The Morgan fingerprint density at radius 3 is 2.70 bits per heavy atom. The van der Waals surface area contributed by atoms with E-state index in [0.29, 0.717) is 6.54 Å². The Morgan fingerprint density at radius 2 is 2.05 bits per heavy atom. The minimum absolute atomic E-state index is 0.105. The number of benzene rings is 1. The largest absolute Gasteiger partial charge is 0.445 e.